The molecule has 1 N–H and O–H groups in total. The smallest absolute Gasteiger partial charge is 0.231 e. The lowest BCUT2D eigenvalue weighted by molar-refractivity contribution is 0.174. The summed E-state index contributed by atoms with van der Waals surface area (Å²) in [5, 5.41) is 4.25. The number of benzene rings is 1. The van der Waals surface area contributed by atoms with Gasteiger partial charge in [0.1, 0.15) is 0 Å². The molecule has 18 heavy (non-hydrogen) atoms. The van der Waals surface area contributed by atoms with E-state index in [0.717, 1.165) is 23.1 Å². The van der Waals surface area contributed by atoms with Crippen molar-refractivity contribution in [3.63, 3.8) is 0 Å². The summed E-state index contributed by atoms with van der Waals surface area (Å²) in [6.07, 6.45) is 5.06. The molecule has 4 heteroatoms. The Kier molecular flexibility index (Phi) is 3.25. The average Bonchev–Trinajstić information content (AvgIpc) is 2.76. The molecule has 3 nitrogen and oxygen atoms in total. The van der Waals surface area contributed by atoms with Gasteiger partial charge in [-0.2, -0.15) is 0 Å². The summed E-state index contributed by atoms with van der Waals surface area (Å²) in [4.78, 5) is 0. The molecule has 2 unspecified atom stereocenters. The average molecular weight is 268 g/mol. The van der Waals surface area contributed by atoms with Crippen LogP contribution >= 0.6 is 11.6 Å². The van der Waals surface area contributed by atoms with Crippen LogP contribution in [-0.2, 0) is 0 Å². The molecule has 0 radical (unpaired) electrons. The predicted octanol–water partition coefficient (Wildman–Crippen LogP) is 4.06. The molecule has 2 atom stereocenters. The van der Waals surface area contributed by atoms with Crippen molar-refractivity contribution in [3.8, 4) is 11.5 Å². The number of rotatable bonds is 2. The zero-order valence-corrected chi connectivity index (χ0v) is 11.3. The van der Waals surface area contributed by atoms with Gasteiger partial charge >= 0.3 is 0 Å². The lowest BCUT2D eigenvalue weighted by Gasteiger charge is -2.28. The van der Waals surface area contributed by atoms with E-state index in [1.54, 1.807) is 0 Å². The Labute approximate surface area is 112 Å². The summed E-state index contributed by atoms with van der Waals surface area (Å²) < 4.78 is 10.7. The molecule has 1 aliphatic carbocycles. The zero-order chi connectivity index (χ0) is 12.5. The van der Waals surface area contributed by atoms with Gasteiger partial charge in [-0.3, -0.25) is 0 Å². The van der Waals surface area contributed by atoms with E-state index < -0.39 is 0 Å². The first kappa shape index (κ1) is 12.0. The van der Waals surface area contributed by atoms with Crippen LogP contribution in [0, 0.1) is 5.92 Å². The Morgan fingerprint density at radius 2 is 2.00 bits per heavy atom. The lowest BCUT2D eigenvalue weighted by atomic mass is 9.87. The van der Waals surface area contributed by atoms with Crippen molar-refractivity contribution in [1.82, 2.24) is 0 Å². The molecule has 1 fully saturated rings. The van der Waals surface area contributed by atoms with Gasteiger partial charge in [0.25, 0.3) is 0 Å². The third kappa shape index (κ3) is 2.37. The van der Waals surface area contributed by atoms with Crippen molar-refractivity contribution in [2.75, 3.05) is 12.1 Å². The number of halogens is 1. The van der Waals surface area contributed by atoms with E-state index in [2.05, 4.69) is 12.2 Å². The molecule has 3 rings (SSSR count). The highest BCUT2D eigenvalue weighted by atomic mass is 35.5. The minimum absolute atomic E-state index is 0.287. The fourth-order valence-corrected chi connectivity index (χ4v) is 3.02. The maximum atomic E-state index is 6.27. The number of nitrogens with one attached hydrogen (secondary N) is 1. The maximum Gasteiger partial charge on any atom is 0.231 e. The second kappa shape index (κ2) is 4.88. The number of ether oxygens (including phenoxy) is 2. The van der Waals surface area contributed by atoms with Crippen LogP contribution in [0.1, 0.15) is 32.6 Å². The van der Waals surface area contributed by atoms with Crippen LogP contribution in [0.5, 0.6) is 11.5 Å². The Morgan fingerprint density at radius 3 is 2.78 bits per heavy atom. The van der Waals surface area contributed by atoms with Gasteiger partial charge in [-0.15, -0.1) is 0 Å². The predicted molar refractivity (Wildman–Crippen MR) is 72.6 cm³/mol. The Hall–Kier alpha value is -1.09. The first-order valence-corrected chi connectivity index (χ1v) is 6.96. The molecule has 0 bridgehead atoms. The zero-order valence-electron chi connectivity index (χ0n) is 10.5. The van der Waals surface area contributed by atoms with Crippen molar-refractivity contribution in [2.45, 2.75) is 38.6 Å². The Morgan fingerprint density at radius 1 is 1.22 bits per heavy atom. The van der Waals surface area contributed by atoms with E-state index in [1.807, 2.05) is 12.1 Å². The van der Waals surface area contributed by atoms with Crippen LogP contribution in [-0.4, -0.2) is 12.8 Å². The number of hydrogen-bond acceptors (Lipinski definition) is 3. The van der Waals surface area contributed by atoms with E-state index in [-0.39, 0.29) is 6.79 Å². The van der Waals surface area contributed by atoms with Crippen molar-refractivity contribution in [3.05, 3.63) is 17.2 Å². The molecule has 98 valence electrons. The molecular weight excluding hydrogens is 250 g/mol. The van der Waals surface area contributed by atoms with Crippen LogP contribution < -0.4 is 14.8 Å². The summed E-state index contributed by atoms with van der Waals surface area (Å²) in [6, 6.07) is 4.30. The number of hydrogen-bond donors (Lipinski definition) is 1. The van der Waals surface area contributed by atoms with E-state index in [4.69, 9.17) is 21.1 Å². The Balaban J connectivity index is 1.76. The molecule has 1 aromatic carbocycles. The van der Waals surface area contributed by atoms with E-state index >= 15 is 0 Å². The highest BCUT2D eigenvalue weighted by molar-refractivity contribution is 6.33. The first-order valence-electron chi connectivity index (χ1n) is 6.58. The number of fused-ring (bicyclic) bond motifs is 1. The second-order valence-corrected chi connectivity index (χ2v) is 5.71. The third-order valence-electron chi connectivity index (χ3n) is 3.76. The first-order chi connectivity index (χ1) is 8.72. The molecule has 1 aliphatic heterocycles. The van der Waals surface area contributed by atoms with Crippen molar-refractivity contribution in [1.29, 1.82) is 0 Å². The maximum absolute atomic E-state index is 6.27. The molecule has 1 heterocycles. The van der Waals surface area contributed by atoms with E-state index in [9.17, 15) is 0 Å². The summed E-state index contributed by atoms with van der Waals surface area (Å²) in [6.45, 7) is 2.60. The fourth-order valence-electron chi connectivity index (χ4n) is 2.81. The molecule has 0 spiro atoms. The minimum Gasteiger partial charge on any atom is -0.454 e. The highest BCUT2D eigenvalue weighted by Gasteiger charge is 2.21. The normalized spacial score (nSPS) is 26.1. The quantitative estimate of drug-likeness (QED) is 0.877. The van der Waals surface area contributed by atoms with Crippen LogP contribution in [0.4, 0.5) is 5.69 Å². The van der Waals surface area contributed by atoms with Crippen LogP contribution in [0.25, 0.3) is 0 Å². The largest absolute Gasteiger partial charge is 0.454 e. The van der Waals surface area contributed by atoms with Gasteiger partial charge in [0.2, 0.25) is 6.79 Å². The van der Waals surface area contributed by atoms with Crippen LogP contribution in [0.3, 0.4) is 0 Å². The molecule has 0 saturated heterocycles. The number of anilines is 1. The van der Waals surface area contributed by atoms with Gasteiger partial charge in [-0.05, 0) is 18.8 Å². The van der Waals surface area contributed by atoms with E-state index in [0.29, 0.717) is 11.1 Å². The van der Waals surface area contributed by atoms with Gasteiger partial charge in [0, 0.05) is 18.2 Å². The van der Waals surface area contributed by atoms with E-state index in [1.165, 1.54) is 25.7 Å². The highest BCUT2D eigenvalue weighted by Crippen LogP contribution is 2.40. The van der Waals surface area contributed by atoms with Crippen LogP contribution in [0.15, 0.2) is 12.1 Å². The van der Waals surface area contributed by atoms with Crippen molar-refractivity contribution >= 4 is 17.3 Å². The summed E-state index contributed by atoms with van der Waals surface area (Å²) in [5.74, 6) is 2.32. The summed E-state index contributed by atoms with van der Waals surface area (Å²) >= 11 is 6.27. The summed E-state index contributed by atoms with van der Waals surface area (Å²) in [5.41, 5.74) is 0.958. The van der Waals surface area contributed by atoms with Gasteiger partial charge in [-0.25, -0.2) is 0 Å². The van der Waals surface area contributed by atoms with Gasteiger partial charge in [0.15, 0.2) is 11.5 Å². The second-order valence-electron chi connectivity index (χ2n) is 5.30. The standard InChI is InChI=1S/C14H18ClNO2/c1-9-3-2-4-10(5-9)16-12-7-14-13(6-11(12)15)17-8-18-14/h6-7,9-10,16H,2-5,8H2,1H3. The molecular formula is C14H18ClNO2. The fraction of sp³-hybridized carbons (Fsp3) is 0.571. The van der Waals surface area contributed by atoms with Gasteiger partial charge in [-0.1, -0.05) is 31.4 Å². The van der Waals surface area contributed by atoms with Gasteiger partial charge in [0.05, 0.1) is 10.7 Å². The Bertz CT molecular complexity index is 450. The third-order valence-corrected chi connectivity index (χ3v) is 4.07. The molecule has 0 amide bonds. The molecule has 2 aliphatic rings. The van der Waals surface area contributed by atoms with Crippen molar-refractivity contribution < 1.29 is 9.47 Å². The van der Waals surface area contributed by atoms with Crippen LogP contribution in [0.2, 0.25) is 5.02 Å². The van der Waals surface area contributed by atoms with Gasteiger partial charge < -0.3 is 14.8 Å². The molecule has 1 saturated carbocycles. The minimum atomic E-state index is 0.287. The topological polar surface area (TPSA) is 30.5 Å². The lowest BCUT2D eigenvalue weighted by Crippen LogP contribution is -2.26. The SMILES string of the molecule is CC1CCCC(Nc2cc3c(cc2Cl)OCO3)C1. The molecule has 0 aromatic heterocycles. The molecule has 1 aromatic rings. The monoisotopic (exact) mass is 267 g/mol. The summed E-state index contributed by atoms with van der Waals surface area (Å²) in [7, 11) is 0. The van der Waals surface area contributed by atoms with Crippen molar-refractivity contribution in [2.24, 2.45) is 5.92 Å².